The lowest BCUT2D eigenvalue weighted by molar-refractivity contribution is -0.176. The summed E-state index contributed by atoms with van der Waals surface area (Å²) in [5, 5.41) is 22.3. The smallest absolute Gasteiger partial charge is 0.313 e. The van der Waals surface area contributed by atoms with E-state index in [4.69, 9.17) is 0 Å². The number of carboxylic acids is 1. The van der Waals surface area contributed by atoms with Gasteiger partial charge in [-0.1, -0.05) is 31.9 Å². The maximum absolute atomic E-state index is 13.2. The van der Waals surface area contributed by atoms with Gasteiger partial charge in [-0.25, -0.2) is 9.69 Å². The number of thiol groups is 1. The monoisotopic (exact) mass is 621 g/mol. The minimum atomic E-state index is -1.45. The predicted molar refractivity (Wildman–Crippen MR) is 126 cm³/mol. The number of aliphatic carboxylic acids is 1. The van der Waals surface area contributed by atoms with Crippen LogP contribution in [0.1, 0.15) is 17.5 Å². The number of allylic oxidation sites excluding steroid dienone is 2. The van der Waals surface area contributed by atoms with Crippen LogP contribution < -0.4 is 0 Å². The van der Waals surface area contributed by atoms with Crippen LogP contribution in [0.3, 0.4) is 0 Å². The third-order valence-electron chi connectivity index (χ3n) is 5.65. The number of carbonyl (C=O) groups is 4. The van der Waals surface area contributed by atoms with Crippen LogP contribution in [0.2, 0.25) is 0 Å². The fourth-order valence-electron chi connectivity index (χ4n) is 3.94. The highest BCUT2D eigenvalue weighted by molar-refractivity contribution is 9.12. The van der Waals surface area contributed by atoms with Crippen LogP contribution in [0.25, 0.3) is 0 Å². The summed E-state index contributed by atoms with van der Waals surface area (Å²) in [5.41, 5.74) is -1.45. The van der Waals surface area contributed by atoms with Crippen molar-refractivity contribution in [3.8, 4) is 0 Å². The second kappa shape index (κ2) is 9.03. The highest BCUT2D eigenvalue weighted by Crippen LogP contribution is 2.51. The van der Waals surface area contributed by atoms with Gasteiger partial charge in [0.1, 0.15) is 10.8 Å². The van der Waals surface area contributed by atoms with E-state index in [1.807, 2.05) is 0 Å². The molecule has 4 atom stereocenters. The highest BCUT2D eigenvalue weighted by Gasteiger charge is 2.62. The summed E-state index contributed by atoms with van der Waals surface area (Å²) in [6, 6.07) is -0.972. The average molecular weight is 623 g/mol. The summed E-state index contributed by atoms with van der Waals surface area (Å²) in [5.74, 6) is -2.14. The van der Waals surface area contributed by atoms with Crippen molar-refractivity contribution >= 4 is 80.3 Å². The normalized spacial score (nSPS) is 27.7. The maximum atomic E-state index is 13.2. The molecule has 2 saturated heterocycles. The van der Waals surface area contributed by atoms with Gasteiger partial charge in [-0.05, 0) is 10.4 Å². The summed E-state index contributed by atoms with van der Waals surface area (Å²) in [7, 11) is 1.58. The lowest BCUT2D eigenvalue weighted by Crippen LogP contribution is -2.76. The standard InChI is InChI=1S/C17H17Br2N7O5S2/c1-23-13(20-21-22-23)12(32)17(16(30)31)6-25-14(29)11(15(25)33-7-17)26(10(28)5-27)24-3-8(18)2-9(19)4-24/h3-5,11-12,15,32H,2,6-7H2,1H3,(H,30,31)/t11?,12?,15-,17?/m1/s1. The molecular weight excluding hydrogens is 606 g/mol. The molecule has 0 aromatic carbocycles. The summed E-state index contributed by atoms with van der Waals surface area (Å²) in [6.07, 6.45) is 3.90. The van der Waals surface area contributed by atoms with Crippen LogP contribution >= 0.6 is 56.3 Å². The number of halogens is 2. The molecule has 33 heavy (non-hydrogen) atoms. The number of carboxylic acid groups (broad SMARTS) is 1. The summed E-state index contributed by atoms with van der Waals surface area (Å²) in [4.78, 5) is 50.9. The second-order valence-corrected chi connectivity index (χ2v) is 11.3. The van der Waals surface area contributed by atoms with Crippen molar-refractivity contribution in [3.05, 3.63) is 27.2 Å². The van der Waals surface area contributed by atoms with E-state index in [-0.39, 0.29) is 24.4 Å². The average Bonchev–Trinajstić information content (AvgIpc) is 3.20. The molecule has 0 aliphatic carbocycles. The lowest BCUT2D eigenvalue weighted by atomic mass is 9.82. The fourth-order valence-corrected chi connectivity index (χ4v) is 7.59. The molecule has 0 spiro atoms. The fraction of sp³-hybridized carbons (Fsp3) is 0.471. The first kappa shape index (κ1) is 24.2. The Labute approximate surface area is 214 Å². The first-order chi connectivity index (χ1) is 15.6. The number of hydrogen-bond donors (Lipinski definition) is 2. The van der Waals surface area contributed by atoms with E-state index in [2.05, 4.69) is 60.0 Å². The van der Waals surface area contributed by atoms with Gasteiger partial charge in [-0.2, -0.15) is 12.6 Å². The van der Waals surface area contributed by atoms with Gasteiger partial charge in [0, 0.05) is 47.1 Å². The number of fused-ring (bicyclic) bond motifs is 1. The number of β-lactam (4-membered cyclic amide) rings is 1. The molecule has 2 fully saturated rings. The molecule has 1 aromatic heterocycles. The van der Waals surface area contributed by atoms with Crippen LogP contribution in [0.15, 0.2) is 21.4 Å². The number of aromatic nitrogens is 4. The zero-order valence-electron chi connectivity index (χ0n) is 16.9. The predicted octanol–water partition coefficient (Wildman–Crippen LogP) is 0.656. The Morgan fingerprint density at radius 3 is 2.61 bits per heavy atom. The van der Waals surface area contributed by atoms with E-state index in [9.17, 15) is 24.3 Å². The Balaban J connectivity index is 1.62. The third kappa shape index (κ3) is 4.00. The number of tetrazole rings is 1. The summed E-state index contributed by atoms with van der Waals surface area (Å²) < 4.78 is 2.82. The molecule has 4 heterocycles. The third-order valence-corrected chi connectivity index (χ3v) is 8.88. The van der Waals surface area contributed by atoms with E-state index >= 15 is 0 Å². The molecule has 3 aliphatic rings. The van der Waals surface area contributed by atoms with Crippen LogP contribution in [0.4, 0.5) is 0 Å². The van der Waals surface area contributed by atoms with Gasteiger partial charge in [-0.15, -0.1) is 16.9 Å². The Kier molecular flexibility index (Phi) is 6.63. The van der Waals surface area contributed by atoms with E-state index in [0.29, 0.717) is 6.42 Å². The SMILES string of the molecule is Cn1nnnc1C(S)C1(C(=O)O)CS[C@@H]2C(N(C(=O)C=O)N3C=C(Br)CC(Br)=C3)C(=O)N2C1. The molecule has 0 bridgehead atoms. The number of amides is 2. The molecule has 12 nitrogen and oxygen atoms in total. The van der Waals surface area contributed by atoms with E-state index in [1.165, 1.54) is 26.4 Å². The lowest BCUT2D eigenvalue weighted by Gasteiger charge is -2.57. The van der Waals surface area contributed by atoms with Crippen LogP contribution in [0.5, 0.6) is 0 Å². The summed E-state index contributed by atoms with van der Waals surface area (Å²) >= 11 is 12.5. The minimum absolute atomic E-state index is 0.0937. The van der Waals surface area contributed by atoms with Crippen LogP contribution in [-0.2, 0) is 26.2 Å². The number of hydrazine groups is 1. The quantitative estimate of drug-likeness (QED) is 0.201. The molecule has 4 rings (SSSR count). The molecule has 16 heteroatoms. The number of aryl methyl sites for hydroxylation is 1. The largest absolute Gasteiger partial charge is 0.481 e. The Bertz CT molecular complexity index is 1080. The van der Waals surface area contributed by atoms with Crippen LogP contribution in [0, 0.1) is 5.41 Å². The van der Waals surface area contributed by atoms with Crippen molar-refractivity contribution < 1.29 is 24.3 Å². The molecule has 0 radical (unpaired) electrons. The zero-order chi connectivity index (χ0) is 24.1. The van der Waals surface area contributed by atoms with Gasteiger partial charge in [0.15, 0.2) is 11.9 Å². The molecule has 3 aliphatic heterocycles. The van der Waals surface area contributed by atoms with Gasteiger partial charge in [0.2, 0.25) is 6.29 Å². The number of thioether (sulfide) groups is 1. The topological polar surface area (TPSA) is 142 Å². The number of rotatable bonds is 6. The molecule has 1 aromatic rings. The van der Waals surface area contributed by atoms with Crippen molar-refractivity contribution in [1.29, 1.82) is 0 Å². The van der Waals surface area contributed by atoms with E-state index in [0.717, 1.165) is 14.0 Å². The van der Waals surface area contributed by atoms with Gasteiger partial charge in [0.05, 0.1) is 5.25 Å². The van der Waals surface area contributed by atoms with Crippen molar-refractivity contribution in [2.24, 2.45) is 12.5 Å². The molecule has 3 unspecified atom stereocenters. The van der Waals surface area contributed by atoms with Crippen LogP contribution in [-0.4, -0.2) is 88.0 Å². The van der Waals surface area contributed by atoms with Gasteiger partial charge < -0.3 is 10.0 Å². The summed E-state index contributed by atoms with van der Waals surface area (Å²) in [6.45, 7) is -0.140. The number of hydrogen-bond acceptors (Lipinski definition) is 10. The van der Waals surface area contributed by atoms with Gasteiger partial charge in [0.25, 0.3) is 5.91 Å². The first-order valence-electron chi connectivity index (χ1n) is 9.45. The number of aldehydes is 1. The van der Waals surface area contributed by atoms with Crippen molar-refractivity contribution in [1.82, 2.24) is 35.1 Å². The molecule has 0 saturated carbocycles. The van der Waals surface area contributed by atoms with Crippen molar-refractivity contribution in [2.75, 3.05) is 12.3 Å². The van der Waals surface area contributed by atoms with Gasteiger partial charge >= 0.3 is 11.9 Å². The van der Waals surface area contributed by atoms with Crippen molar-refractivity contribution in [2.45, 2.75) is 23.1 Å². The molecule has 2 amide bonds. The Morgan fingerprint density at radius 2 is 2.06 bits per heavy atom. The number of carbonyl (C=O) groups excluding carboxylic acids is 3. The molecule has 176 valence electrons. The van der Waals surface area contributed by atoms with Gasteiger partial charge in [-0.3, -0.25) is 24.2 Å². The van der Waals surface area contributed by atoms with E-state index in [1.54, 1.807) is 19.4 Å². The molecule has 1 N–H and O–H groups in total. The van der Waals surface area contributed by atoms with E-state index < -0.39 is 39.9 Å². The number of nitrogens with zero attached hydrogens (tertiary/aromatic N) is 7. The van der Waals surface area contributed by atoms with Crippen molar-refractivity contribution in [3.63, 3.8) is 0 Å². The Hall–Kier alpha value is -1.91. The Morgan fingerprint density at radius 1 is 1.39 bits per heavy atom. The second-order valence-electron chi connectivity index (χ2n) is 7.65. The molecular formula is C17H17Br2N7O5S2. The zero-order valence-corrected chi connectivity index (χ0v) is 21.8. The highest BCUT2D eigenvalue weighted by atomic mass is 79.9. The minimum Gasteiger partial charge on any atom is -0.481 e. The first-order valence-corrected chi connectivity index (χ1v) is 12.6. The maximum Gasteiger partial charge on any atom is 0.313 e.